The lowest BCUT2D eigenvalue weighted by molar-refractivity contribution is 0.130. The topological polar surface area (TPSA) is 60.2 Å². The van der Waals surface area contributed by atoms with Crippen LogP contribution in [-0.2, 0) is 0 Å². The van der Waals surface area contributed by atoms with Gasteiger partial charge >= 0.3 is 0 Å². The first kappa shape index (κ1) is 13.7. The summed E-state index contributed by atoms with van der Waals surface area (Å²) in [5, 5.41) is 0.796. The summed E-state index contributed by atoms with van der Waals surface area (Å²) in [6, 6.07) is 1.59. The number of anilines is 1. The van der Waals surface area contributed by atoms with Gasteiger partial charge in [-0.1, -0.05) is 30.1 Å². The molecule has 0 saturated heterocycles. The van der Waals surface area contributed by atoms with Gasteiger partial charge in [-0.2, -0.15) is 4.98 Å². The zero-order chi connectivity index (χ0) is 13.1. The highest BCUT2D eigenvalue weighted by Crippen LogP contribution is 2.33. The summed E-state index contributed by atoms with van der Waals surface area (Å²) >= 11 is 12.0. The molecule has 0 amide bonds. The average molecular weight is 290 g/mol. The van der Waals surface area contributed by atoms with Crippen molar-refractivity contribution in [1.29, 1.82) is 0 Å². The number of nitrogens with one attached hydrogen (secondary N) is 1. The molecule has 0 atom stereocenters. The number of rotatable bonds is 3. The van der Waals surface area contributed by atoms with Crippen molar-refractivity contribution in [1.82, 2.24) is 4.98 Å². The van der Waals surface area contributed by atoms with E-state index in [0.29, 0.717) is 21.7 Å². The van der Waals surface area contributed by atoms with Gasteiger partial charge in [-0.25, -0.2) is 5.84 Å². The highest BCUT2D eigenvalue weighted by Gasteiger charge is 2.21. The van der Waals surface area contributed by atoms with Crippen molar-refractivity contribution in [3.8, 4) is 5.88 Å². The maximum absolute atomic E-state index is 6.07. The van der Waals surface area contributed by atoms with Gasteiger partial charge in [0.25, 0.3) is 0 Å². The van der Waals surface area contributed by atoms with Gasteiger partial charge in [0.05, 0.1) is 5.02 Å². The number of aromatic nitrogens is 1. The van der Waals surface area contributed by atoms with Crippen LogP contribution < -0.4 is 16.0 Å². The third-order valence-electron chi connectivity index (χ3n) is 3.28. The van der Waals surface area contributed by atoms with E-state index >= 15 is 0 Å². The van der Waals surface area contributed by atoms with Crippen LogP contribution in [-0.4, -0.2) is 11.1 Å². The molecule has 1 aromatic heterocycles. The molecule has 6 heteroatoms. The van der Waals surface area contributed by atoms with E-state index in [9.17, 15) is 0 Å². The minimum absolute atomic E-state index is 0.179. The molecule has 0 bridgehead atoms. The lowest BCUT2D eigenvalue weighted by atomic mass is 9.89. The van der Waals surface area contributed by atoms with Crippen LogP contribution in [0.2, 0.25) is 10.0 Å². The zero-order valence-corrected chi connectivity index (χ0v) is 11.8. The Labute approximate surface area is 117 Å². The first-order chi connectivity index (χ1) is 8.60. The van der Waals surface area contributed by atoms with Crippen LogP contribution in [0.1, 0.15) is 32.6 Å². The molecule has 0 aromatic carbocycles. The van der Waals surface area contributed by atoms with E-state index in [1.807, 2.05) is 0 Å². The summed E-state index contributed by atoms with van der Waals surface area (Å²) in [5.74, 6) is 6.88. The average Bonchev–Trinajstić information content (AvgIpc) is 2.35. The van der Waals surface area contributed by atoms with Crippen LogP contribution >= 0.6 is 23.2 Å². The van der Waals surface area contributed by atoms with Gasteiger partial charge in [0.15, 0.2) is 5.82 Å². The summed E-state index contributed by atoms with van der Waals surface area (Å²) in [6.07, 6.45) is 4.61. The maximum atomic E-state index is 6.07. The number of nitrogen functional groups attached to an aromatic ring is 1. The Kier molecular flexibility index (Phi) is 4.54. The van der Waals surface area contributed by atoms with Crippen LogP contribution in [0.3, 0.4) is 0 Å². The van der Waals surface area contributed by atoms with Gasteiger partial charge in [0.2, 0.25) is 5.88 Å². The van der Waals surface area contributed by atoms with Crippen LogP contribution in [0.25, 0.3) is 0 Å². The first-order valence-electron chi connectivity index (χ1n) is 6.09. The Bertz CT molecular complexity index is 420. The van der Waals surface area contributed by atoms with E-state index in [0.717, 1.165) is 18.8 Å². The number of halogens is 2. The number of nitrogens with zero attached hydrogens (tertiary/aromatic N) is 1. The Hall–Kier alpha value is -0.710. The monoisotopic (exact) mass is 289 g/mol. The van der Waals surface area contributed by atoms with E-state index in [4.69, 9.17) is 33.8 Å². The third-order valence-corrected chi connectivity index (χ3v) is 3.83. The van der Waals surface area contributed by atoms with Gasteiger partial charge in [-0.3, -0.25) is 0 Å². The first-order valence-corrected chi connectivity index (χ1v) is 6.85. The molecule has 1 aliphatic carbocycles. The fourth-order valence-electron chi connectivity index (χ4n) is 2.14. The van der Waals surface area contributed by atoms with Gasteiger partial charge in [0, 0.05) is 0 Å². The molecular weight excluding hydrogens is 273 g/mol. The third kappa shape index (κ3) is 3.19. The second kappa shape index (κ2) is 5.95. The predicted octanol–water partition coefficient (Wildman–Crippen LogP) is 3.63. The summed E-state index contributed by atoms with van der Waals surface area (Å²) in [5.41, 5.74) is 2.43. The number of pyridine rings is 1. The molecular formula is C12H17Cl2N3O. The normalized spacial score (nSPS) is 23.8. The van der Waals surface area contributed by atoms with E-state index in [1.165, 1.54) is 12.8 Å². The Morgan fingerprint density at radius 2 is 1.94 bits per heavy atom. The second-order valence-electron chi connectivity index (χ2n) is 4.75. The van der Waals surface area contributed by atoms with Gasteiger partial charge in [0.1, 0.15) is 11.1 Å². The van der Waals surface area contributed by atoms with Crippen molar-refractivity contribution in [3.63, 3.8) is 0 Å². The minimum Gasteiger partial charge on any atom is -0.473 e. The quantitative estimate of drug-likeness (QED) is 0.659. The summed E-state index contributed by atoms with van der Waals surface area (Å²) < 4.78 is 5.83. The highest BCUT2D eigenvalue weighted by molar-refractivity contribution is 6.36. The zero-order valence-electron chi connectivity index (χ0n) is 10.2. The number of ether oxygens (including phenoxy) is 1. The van der Waals surface area contributed by atoms with E-state index in [-0.39, 0.29) is 6.10 Å². The van der Waals surface area contributed by atoms with E-state index in [1.54, 1.807) is 6.07 Å². The van der Waals surface area contributed by atoms with Crippen molar-refractivity contribution >= 4 is 29.0 Å². The summed E-state index contributed by atoms with van der Waals surface area (Å²) in [4.78, 5) is 4.18. The molecule has 1 fully saturated rings. The maximum Gasteiger partial charge on any atom is 0.234 e. The standard InChI is InChI=1S/C12H17Cl2N3O/c1-7-2-4-8(5-3-7)18-12-10(14)6-9(13)11(16-12)17-15/h6-8H,2-5,15H2,1H3,(H,16,17). The molecule has 0 radical (unpaired) electrons. The molecule has 0 spiro atoms. The van der Waals surface area contributed by atoms with Crippen LogP contribution in [0.15, 0.2) is 6.07 Å². The smallest absolute Gasteiger partial charge is 0.234 e. The van der Waals surface area contributed by atoms with Crippen LogP contribution in [0, 0.1) is 5.92 Å². The largest absolute Gasteiger partial charge is 0.473 e. The summed E-state index contributed by atoms with van der Waals surface area (Å²) in [6.45, 7) is 2.26. The highest BCUT2D eigenvalue weighted by atomic mass is 35.5. The minimum atomic E-state index is 0.179. The summed E-state index contributed by atoms with van der Waals surface area (Å²) in [7, 11) is 0. The van der Waals surface area contributed by atoms with Gasteiger partial charge in [-0.15, -0.1) is 0 Å². The fourth-order valence-corrected chi connectivity index (χ4v) is 2.60. The van der Waals surface area contributed by atoms with Crippen molar-refractivity contribution in [3.05, 3.63) is 16.1 Å². The molecule has 0 unspecified atom stereocenters. The number of hydrogen-bond donors (Lipinski definition) is 2. The lowest BCUT2D eigenvalue weighted by Gasteiger charge is -2.26. The Morgan fingerprint density at radius 3 is 2.56 bits per heavy atom. The molecule has 1 aromatic rings. The molecule has 2 rings (SSSR count). The van der Waals surface area contributed by atoms with Crippen molar-refractivity contribution < 1.29 is 4.74 Å². The SMILES string of the molecule is CC1CCC(Oc2nc(NN)c(Cl)cc2Cl)CC1. The second-order valence-corrected chi connectivity index (χ2v) is 5.56. The molecule has 0 aliphatic heterocycles. The van der Waals surface area contributed by atoms with E-state index in [2.05, 4.69) is 17.3 Å². The molecule has 1 aliphatic rings. The van der Waals surface area contributed by atoms with Crippen LogP contribution in [0.5, 0.6) is 5.88 Å². The number of hydrazine groups is 1. The molecule has 3 N–H and O–H groups in total. The van der Waals surface area contributed by atoms with Crippen molar-refractivity contribution in [2.24, 2.45) is 11.8 Å². The van der Waals surface area contributed by atoms with Gasteiger partial charge in [-0.05, 0) is 37.7 Å². The number of hydrogen-bond acceptors (Lipinski definition) is 4. The van der Waals surface area contributed by atoms with E-state index < -0.39 is 0 Å². The molecule has 1 heterocycles. The Balaban J connectivity index is 2.09. The molecule has 100 valence electrons. The lowest BCUT2D eigenvalue weighted by Crippen LogP contribution is -2.23. The Morgan fingerprint density at radius 1 is 1.28 bits per heavy atom. The van der Waals surface area contributed by atoms with Crippen LogP contribution in [0.4, 0.5) is 5.82 Å². The molecule has 1 saturated carbocycles. The predicted molar refractivity (Wildman–Crippen MR) is 74.1 cm³/mol. The number of nitrogens with two attached hydrogens (primary N) is 1. The van der Waals surface area contributed by atoms with Crippen molar-refractivity contribution in [2.75, 3.05) is 5.43 Å². The van der Waals surface area contributed by atoms with Crippen molar-refractivity contribution in [2.45, 2.75) is 38.7 Å². The molecule has 18 heavy (non-hydrogen) atoms. The molecule has 4 nitrogen and oxygen atoms in total. The van der Waals surface area contributed by atoms with Gasteiger partial charge < -0.3 is 10.2 Å². The fraction of sp³-hybridized carbons (Fsp3) is 0.583.